The van der Waals surface area contributed by atoms with Gasteiger partial charge in [0.25, 0.3) is 0 Å². The molecule has 0 saturated heterocycles. The van der Waals surface area contributed by atoms with Crippen molar-refractivity contribution in [2.24, 2.45) is 4.99 Å². The molecule has 0 aliphatic carbocycles. The Morgan fingerprint density at radius 3 is 2.17 bits per heavy atom. The number of amides is 1. The molecule has 10 heteroatoms. The molecule has 0 aliphatic rings. The minimum absolute atomic E-state index is 0. The van der Waals surface area contributed by atoms with Gasteiger partial charge in [-0.05, 0) is 18.7 Å². The van der Waals surface area contributed by atoms with Crippen LogP contribution in [0.3, 0.4) is 0 Å². The third-order valence-corrected chi connectivity index (χ3v) is 2.49. The van der Waals surface area contributed by atoms with Crippen LogP contribution in [0.25, 0.3) is 0 Å². The van der Waals surface area contributed by atoms with E-state index in [-0.39, 0.29) is 65.5 Å². The zero-order valence-electron chi connectivity index (χ0n) is 13.6. The Hall–Kier alpha value is -0.380. The first-order valence-electron chi connectivity index (χ1n) is 6.40. The van der Waals surface area contributed by atoms with Crippen molar-refractivity contribution < 1.29 is 88.8 Å². The van der Waals surface area contributed by atoms with Crippen LogP contribution in [0.5, 0.6) is 0 Å². The molecule has 0 bridgehead atoms. The number of aliphatic imine (C=N–C) groups is 1. The summed E-state index contributed by atoms with van der Waals surface area (Å²) in [5.41, 5.74) is 0. The topological polar surface area (TPSA) is 133 Å². The van der Waals surface area contributed by atoms with Crippen LogP contribution in [-0.2, 0) is 14.4 Å². The molecule has 118 valence electrons. The normalized spacial score (nSPS) is 10.0. The second-order valence-corrected chi connectivity index (χ2v) is 4.25. The summed E-state index contributed by atoms with van der Waals surface area (Å²) in [7, 11) is 0. The molecular weight excluding hydrogens is 326 g/mol. The third kappa shape index (κ3) is 16.3. The predicted molar refractivity (Wildman–Crippen MR) is 70.2 cm³/mol. The summed E-state index contributed by atoms with van der Waals surface area (Å²) >= 11 is 0. The van der Waals surface area contributed by atoms with E-state index < -0.39 is 36.8 Å². The summed E-state index contributed by atoms with van der Waals surface area (Å²) in [5.74, 6) is -3.74. The molecule has 0 aromatic heterocycles. The van der Waals surface area contributed by atoms with Gasteiger partial charge in [-0.3, -0.25) is 9.59 Å². The maximum Gasteiger partial charge on any atom is 1.00 e. The number of hydrogen-bond donors (Lipinski definition) is 1. The average Bonchev–Trinajstić information content (AvgIpc) is 2.40. The second-order valence-electron chi connectivity index (χ2n) is 4.25. The number of hydrogen-bond acceptors (Lipinski definition) is 6. The molecule has 0 radical (unpaired) electrons. The average molecular weight is 344 g/mol. The predicted octanol–water partition coefficient (Wildman–Crippen LogP) is -7.84. The summed E-state index contributed by atoms with van der Waals surface area (Å²) in [6, 6.07) is 0. The van der Waals surface area contributed by atoms with E-state index in [0.29, 0.717) is 25.8 Å². The largest absolute Gasteiger partial charge is 1.00 e. The van der Waals surface area contributed by atoms with Crippen molar-refractivity contribution in [2.75, 3.05) is 19.6 Å². The fraction of sp³-hybridized carbons (Fsp3) is 0.538. The van der Waals surface area contributed by atoms with Crippen LogP contribution in [0, 0.1) is 0 Å². The van der Waals surface area contributed by atoms with Gasteiger partial charge < -0.3 is 30.0 Å². The summed E-state index contributed by atoms with van der Waals surface area (Å²) in [4.78, 5) is 37.1. The Morgan fingerprint density at radius 2 is 1.70 bits per heavy atom. The monoisotopic (exact) mass is 344 g/mol. The molecule has 0 aromatic rings. The number of aliphatic carboxylic acids is 2. The molecule has 8 nitrogen and oxygen atoms in total. The quantitative estimate of drug-likeness (QED) is 0.171. The molecule has 0 fully saturated rings. The Kier molecular flexibility index (Phi) is 19.7. The number of nitrogens with zero attached hydrogens (tertiary/aromatic N) is 2. The van der Waals surface area contributed by atoms with Gasteiger partial charge in [0, 0.05) is 13.0 Å². The molecule has 1 N–H and O–H groups in total. The second kappa shape index (κ2) is 16.5. The Balaban J connectivity index is -0.00000200. The molecule has 0 rings (SSSR count). The molecule has 0 atom stereocenters. The van der Waals surface area contributed by atoms with Gasteiger partial charge in [-0.15, -0.1) is 0 Å². The van der Waals surface area contributed by atoms with Gasteiger partial charge in [0.05, 0.1) is 12.5 Å². The maximum atomic E-state index is 11.7. The van der Waals surface area contributed by atoms with Crippen LogP contribution in [0.4, 0.5) is 0 Å². The zero-order valence-corrected chi connectivity index (χ0v) is 17.6. The number of carbonyl (C=O) groups excluding carboxylic acids is 2. The van der Waals surface area contributed by atoms with Gasteiger partial charge in [0.2, 0.25) is 5.91 Å². The molecule has 0 unspecified atom stereocenters. The van der Waals surface area contributed by atoms with E-state index in [1.807, 2.05) is 0 Å². The van der Waals surface area contributed by atoms with Gasteiger partial charge in [0.1, 0.15) is 6.54 Å². The Bertz CT molecular complexity index is 413. The first-order chi connectivity index (χ1) is 9.86. The molecule has 0 aliphatic heterocycles. The fourth-order valence-corrected chi connectivity index (χ4v) is 1.53. The first-order valence-corrected chi connectivity index (χ1v) is 6.40. The minimum Gasteiger partial charge on any atom is -0.859 e. The van der Waals surface area contributed by atoms with Gasteiger partial charge in [0.15, 0.2) is 0 Å². The molecule has 0 aromatic carbocycles. The van der Waals surface area contributed by atoms with Gasteiger partial charge in [-0.2, -0.15) is 0 Å². The number of unbranched alkanes of at least 4 members (excludes halogenated alkanes) is 2. The number of rotatable bonds is 11. The molecular formula is C13H18N2Na2O6. The minimum atomic E-state index is -1.51. The molecule has 0 spiro atoms. The molecule has 0 saturated carbocycles. The van der Waals surface area contributed by atoms with Crippen molar-refractivity contribution in [3.05, 3.63) is 12.7 Å². The van der Waals surface area contributed by atoms with Crippen LogP contribution in [0.2, 0.25) is 0 Å². The first kappa shape index (κ1) is 27.5. The maximum absolute atomic E-state index is 11.7. The molecule has 0 heterocycles. The fourth-order valence-electron chi connectivity index (χ4n) is 1.53. The number of carboxylic acids is 2. The van der Waals surface area contributed by atoms with Crippen molar-refractivity contribution in [1.29, 1.82) is 0 Å². The Labute approximate surface area is 179 Å². The number of carbonyl (C=O) groups is 3. The van der Waals surface area contributed by atoms with Crippen LogP contribution in [-0.4, -0.2) is 53.4 Å². The van der Waals surface area contributed by atoms with Gasteiger partial charge >= 0.3 is 65.1 Å². The summed E-state index contributed by atoms with van der Waals surface area (Å²) in [6.07, 6.45) is 2.82. The summed E-state index contributed by atoms with van der Waals surface area (Å²) < 4.78 is 0. The van der Waals surface area contributed by atoms with E-state index in [9.17, 15) is 24.6 Å². The zero-order chi connectivity index (χ0) is 16.3. The molecule has 1 amide bonds. The van der Waals surface area contributed by atoms with Crippen LogP contribution in [0.15, 0.2) is 17.6 Å². The van der Waals surface area contributed by atoms with E-state index in [2.05, 4.69) is 11.6 Å². The van der Waals surface area contributed by atoms with E-state index in [1.54, 1.807) is 0 Å². The summed E-state index contributed by atoms with van der Waals surface area (Å²) in [6.45, 7) is 2.19. The Morgan fingerprint density at radius 1 is 1.09 bits per heavy atom. The van der Waals surface area contributed by atoms with Crippen LogP contribution >= 0.6 is 0 Å². The SMILES string of the molecule is C=CC([O-])=NCCCCCC(=O)N(CC(=O)[O-])CC(=O)O.[Na+].[Na+]. The standard InChI is InChI=1S/C13H20N2O6.2Na/c1-2-10(16)14-7-5-3-4-6-11(17)15(8-12(18)19)9-13(20)21;;/h2H,1,3-9H2,(H,14,16)(H,18,19)(H,20,21);;/q;2*+1/p-2. The third-order valence-electron chi connectivity index (χ3n) is 2.49. The molecule has 23 heavy (non-hydrogen) atoms. The van der Waals surface area contributed by atoms with E-state index in [4.69, 9.17) is 5.11 Å². The summed E-state index contributed by atoms with van der Waals surface area (Å²) in [5, 5.41) is 29.8. The smallest absolute Gasteiger partial charge is 0.859 e. The van der Waals surface area contributed by atoms with Crippen molar-refractivity contribution in [3.63, 3.8) is 0 Å². The van der Waals surface area contributed by atoms with E-state index >= 15 is 0 Å². The van der Waals surface area contributed by atoms with Gasteiger partial charge in [-0.1, -0.05) is 19.1 Å². The van der Waals surface area contributed by atoms with Crippen molar-refractivity contribution in [2.45, 2.75) is 25.7 Å². The van der Waals surface area contributed by atoms with Crippen LogP contribution < -0.4 is 69.3 Å². The van der Waals surface area contributed by atoms with E-state index in [0.717, 1.165) is 11.0 Å². The van der Waals surface area contributed by atoms with Crippen molar-refractivity contribution in [1.82, 2.24) is 4.90 Å². The van der Waals surface area contributed by atoms with Gasteiger partial charge in [-0.25, -0.2) is 0 Å². The van der Waals surface area contributed by atoms with Crippen molar-refractivity contribution in [3.8, 4) is 0 Å². The van der Waals surface area contributed by atoms with Crippen LogP contribution in [0.1, 0.15) is 25.7 Å². The van der Waals surface area contributed by atoms with Crippen molar-refractivity contribution >= 4 is 23.7 Å². The van der Waals surface area contributed by atoms with E-state index in [1.165, 1.54) is 0 Å². The number of carboxylic acid groups (broad SMARTS) is 2.